The van der Waals surface area contributed by atoms with Crippen LogP contribution in [0.5, 0.6) is 0 Å². The van der Waals surface area contributed by atoms with E-state index in [0.29, 0.717) is 11.3 Å². The second kappa shape index (κ2) is 8.35. The molecule has 0 heterocycles. The predicted molar refractivity (Wildman–Crippen MR) is 110 cm³/mol. The van der Waals surface area contributed by atoms with Gasteiger partial charge in [-0.15, -0.1) is 12.0 Å². The molecule has 0 aliphatic carbocycles. The fourth-order valence-corrected chi connectivity index (χ4v) is 2.75. The number of nitro benzene ring substituents is 1. The molecule has 136 valence electrons. The van der Waals surface area contributed by atoms with Gasteiger partial charge in [0.1, 0.15) is 13.6 Å². The summed E-state index contributed by atoms with van der Waals surface area (Å²) in [6.07, 6.45) is 5.49. The van der Waals surface area contributed by atoms with Gasteiger partial charge in [0.15, 0.2) is 0 Å². The summed E-state index contributed by atoms with van der Waals surface area (Å²) in [4.78, 5) is 23.0. The normalized spacial score (nSPS) is 10.3. The first-order valence-electron chi connectivity index (χ1n) is 8.35. The molecule has 0 saturated heterocycles. The van der Waals surface area contributed by atoms with Gasteiger partial charge in [-0.2, -0.15) is 0 Å². The predicted octanol–water partition coefficient (Wildman–Crippen LogP) is 3.99. The third-order valence-corrected chi connectivity index (χ3v) is 4.41. The largest absolute Gasteiger partial charge is 0.326 e. The summed E-state index contributed by atoms with van der Waals surface area (Å²) in [7, 11) is -1.69. The van der Waals surface area contributed by atoms with E-state index in [1.54, 1.807) is 30.3 Å². The minimum Gasteiger partial charge on any atom is -0.326 e. The lowest BCUT2D eigenvalue weighted by Crippen LogP contribution is -2.16. The number of nitrogens with one attached hydrogen (secondary N) is 1. The van der Waals surface area contributed by atoms with E-state index in [0.717, 1.165) is 11.1 Å². The summed E-state index contributed by atoms with van der Waals surface area (Å²) < 4.78 is 0. The Bertz CT molecular complexity index is 972. The van der Waals surface area contributed by atoms with E-state index in [1.807, 2.05) is 0 Å². The van der Waals surface area contributed by atoms with Crippen LogP contribution in [0.25, 0.3) is 0 Å². The number of anilines is 1. The molecule has 0 saturated carbocycles. The molecular formula is C21H20N2O3Si. The van der Waals surface area contributed by atoms with E-state index in [9.17, 15) is 14.9 Å². The summed E-state index contributed by atoms with van der Waals surface area (Å²) in [6.45, 7) is 6.18. The van der Waals surface area contributed by atoms with Crippen molar-refractivity contribution in [2.24, 2.45) is 0 Å². The van der Waals surface area contributed by atoms with Gasteiger partial charge in [-0.3, -0.25) is 14.9 Å². The van der Waals surface area contributed by atoms with Crippen LogP contribution in [0.1, 0.15) is 16.7 Å². The molecule has 0 aromatic heterocycles. The highest BCUT2D eigenvalue weighted by Gasteiger charge is 2.15. The van der Waals surface area contributed by atoms with Gasteiger partial charge in [0.25, 0.3) is 5.69 Å². The van der Waals surface area contributed by atoms with Crippen molar-refractivity contribution >= 4 is 25.4 Å². The Morgan fingerprint density at radius 1 is 1.19 bits per heavy atom. The number of hydrogen-bond acceptors (Lipinski definition) is 3. The monoisotopic (exact) mass is 376 g/mol. The average molecular weight is 376 g/mol. The Labute approximate surface area is 160 Å². The molecule has 0 aliphatic heterocycles. The van der Waals surface area contributed by atoms with E-state index in [4.69, 9.17) is 6.42 Å². The highest BCUT2D eigenvalue weighted by Crippen LogP contribution is 2.22. The van der Waals surface area contributed by atoms with E-state index < -0.39 is 13.0 Å². The zero-order chi connectivity index (χ0) is 20.0. The van der Waals surface area contributed by atoms with Crippen LogP contribution in [-0.2, 0) is 11.2 Å². The van der Waals surface area contributed by atoms with Crippen LogP contribution in [0.2, 0.25) is 19.6 Å². The van der Waals surface area contributed by atoms with Crippen LogP contribution >= 0.6 is 0 Å². The van der Waals surface area contributed by atoms with Crippen LogP contribution in [0.15, 0.2) is 42.5 Å². The Hall–Kier alpha value is -3.35. The molecule has 2 aromatic rings. The van der Waals surface area contributed by atoms with Crippen LogP contribution in [-0.4, -0.2) is 18.9 Å². The molecule has 2 rings (SSSR count). The van der Waals surface area contributed by atoms with Crippen molar-refractivity contribution in [3.8, 4) is 23.8 Å². The second-order valence-electron chi connectivity index (χ2n) is 7.06. The first-order valence-corrected chi connectivity index (χ1v) is 11.8. The number of rotatable bonds is 4. The molecule has 0 unspecified atom stereocenters. The Morgan fingerprint density at radius 3 is 2.41 bits per heavy atom. The molecule has 6 heteroatoms. The number of nitrogens with zero attached hydrogens (tertiary/aromatic N) is 1. The Morgan fingerprint density at radius 2 is 1.85 bits per heavy atom. The third-order valence-electron chi connectivity index (χ3n) is 3.53. The molecular weight excluding hydrogens is 356 g/mol. The summed E-state index contributed by atoms with van der Waals surface area (Å²) in [5.74, 6) is 5.21. The molecule has 1 amide bonds. The number of carbonyl (C=O) groups excluding carboxylic acids is 1. The molecule has 0 radical (unpaired) electrons. The molecule has 0 atom stereocenters. The fourth-order valence-electron chi connectivity index (χ4n) is 2.24. The lowest BCUT2D eigenvalue weighted by Gasteiger charge is -2.07. The van der Waals surface area contributed by atoms with Crippen molar-refractivity contribution in [3.05, 3.63) is 69.3 Å². The summed E-state index contributed by atoms with van der Waals surface area (Å²) >= 11 is 0. The second-order valence-corrected chi connectivity index (χ2v) is 11.8. The topological polar surface area (TPSA) is 72.2 Å². The highest BCUT2D eigenvalue weighted by atomic mass is 28.3. The number of benzene rings is 2. The minimum absolute atomic E-state index is 0.0661. The number of carbonyl (C=O) groups is 1. The van der Waals surface area contributed by atoms with Gasteiger partial charge in [-0.05, 0) is 29.8 Å². The quantitative estimate of drug-likeness (QED) is 0.380. The summed E-state index contributed by atoms with van der Waals surface area (Å²) in [6, 6.07) is 11.6. The smallest absolute Gasteiger partial charge is 0.285 e. The number of nitro groups is 1. The van der Waals surface area contributed by atoms with Crippen molar-refractivity contribution in [1.29, 1.82) is 0 Å². The van der Waals surface area contributed by atoms with E-state index in [2.05, 4.69) is 42.3 Å². The van der Waals surface area contributed by atoms with Crippen molar-refractivity contribution in [2.45, 2.75) is 26.1 Å². The van der Waals surface area contributed by atoms with Gasteiger partial charge < -0.3 is 5.32 Å². The number of terminal acetylenes is 1. The SMILES string of the molecule is C#Cc1ccc(CC(=O)Nc2ccc([N+](=O)[O-])c(C#C[Si](C)(C)C)c2)cc1. The minimum atomic E-state index is -1.69. The maximum atomic E-state index is 12.3. The van der Waals surface area contributed by atoms with Crippen molar-refractivity contribution in [1.82, 2.24) is 0 Å². The zero-order valence-electron chi connectivity index (χ0n) is 15.5. The highest BCUT2D eigenvalue weighted by molar-refractivity contribution is 6.83. The average Bonchev–Trinajstić information content (AvgIpc) is 2.60. The first kappa shape index (κ1) is 20.0. The maximum absolute atomic E-state index is 12.3. The summed E-state index contributed by atoms with van der Waals surface area (Å²) in [5.41, 5.74) is 5.41. The van der Waals surface area contributed by atoms with Gasteiger partial charge in [-0.1, -0.05) is 43.6 Å². The van der Waals surface area contributed by atoms with Crippen LogP contribution < -0.4 is 5.32 Å². The Kier molecular flexibility index (Phi) is 6.18. The molecule has 27 heavy (non-hydrogen) atoms. The number of amides is 1. The lowest BCUT2D eigenvalue weighted by atomic mass is 10.1. The van der Waals surface area contributed by atoms with Gasteiger partial charge in [-0.25, -0.2) is 0 Å². The standard InChI is InChI=1S/C21H20N2O3Si/c1-5-16-6-8-17(9-7-16)14-21(24)22-19-10-11-20(23(25)26)18(15-19)12-13-27(2,3)4/h1,6-11,15H,14H2,2-4H3,(H,22,24). The molecule has 5 nitrogen and oxygen atoms in total. The van der Waals surface area contributed by atoms with Gasteiger partial charge in [0.2, 0.25) is 5.91 Å². The van der Waals surface area contributed by atoms with Crippen molar-refractivity contribution < 1.29 is 9.72 Å². The van der Waals surface area contributed by atoms with Crippen LogP contribution in [0, 0.1) is 33.9 Å². The van der Waals surface area contributed by atoms with Gasteiger partial charge in [0.05, 0.1) is 11.3 Å². The fraction of sp³-hybridized carbons (Fsp3) is 0.190. The van der Waals surface area contributed by atoms with Crippen LogP contribution in [0.4, 0.5) is 11.4 Å². The Balaban J connectivity index is 2.19. The van der Waals surface area contributed by atoms with Crippen LogP contribution in [0.3, 0.4) is 0 Å². The molecule has 2 aromatic carbocycles. The van der Waals surface area contributed by atoms with Crippen molar-refractivity contribution in [3.63, 3.8) is 0 Å². The summed E-state index contributed by atoms with van der Waals surface area (Å²) in [5, 5.41) is 14.0. The van der Waals surface area contributed by atoms with E-state index in [-0.39, 0.29) is 18.0 Å². The van der Waals surface area contributed by atoms with E-state index >= 15 is 0 Å². The lowest BCUT2D eigenvalue weighted by molar-refractivity contribution is -0.385. The van der Waals surface area contributed by atoms with Crippen molar-refractivity contribution in [2.75, 3.05) is 5.32 Å². The molecule has 0 spiro atoms. The third kappa shape index (κ3) is 6.14. The van der Waals surface area contributed by atoms with Gasteiger partial charge >= 0.3 is 0 Å². The van der Waals surface area contributed by atoms with E-state index in [1.165, 1.54) is 12.1 Å². The number of hydrogen-bond donors (Lipinski definition) is 1. The maximum Gasteiger partial charge on any atom is 0.285 e. The van der Waals surface area contributed by atoms with Gasteiger partial charge in [0, 0.05) is 17.3 Å². The molecule has 1 N–H and O–H groups in total. The molecule has 0 bridgehead atoms. The molecule has 0 fully saturated rings. The first-order chi connectivity index (χ1) is 12.7. The zero-order valence-corrected chi connectivity index (χ0v) is 16.5. The molecule has 0 aliphatic rings.